The van der Waals surface area contributed by atoms with Crippen LogP contribution in [0, 0.1) is 23.0 Å². The highest BCUT2D eigenvalue weighted by atomic mass is 19.1. The number of nitrogens with two attached hydrogens (primary N) is 1. The summed E-state index contributed by atoms with van der Waals surface area (Å²) in [5.41, 5.74) is 7.24. The third-order valence-electron chi connectivity index (χ3n) is 2.66. The highest BCUT2D eigenvalue weighted by Crippen LogP contribution is 2.18. The summed E-state index contributed by atoms with van der Waals surface area (Å²) in [4.78, 5) is 0. The molecule has 0 saturated carbocycles. The third-order valence-corrected chi connectivity index (χ3v) is 2.66. The van der Waals surface area contributed by atoms with Gasteiger partial charge >= 0.3 is 0 Å². The number of nitriles is 1. The van der Waals surface area contributed by atoms with Crippen LogP contribution >= 0.6 is 0 Å². The van der Waals surface area contributed by atoms with Gasteiger partial charge in [-0.2, -0.15) is 5.26 Å². The molecule has 0 amide bonds. The minimum absolute atomic E-state index is 0.134. The van der Waals surface area contributed by atoms with Crippen molar-refractivity contribution in [3.8, 4) is 6.07 Å². The van der Waals surface area contributed by atoms with Crippen molar-refractivity contribution in [2.24, 2.45) is 0 Å². The fourth-order valence-corrected chi connectivity index (χ4v) is 1.65. The highest BCUT2D eigenvalue weighted by Gasteiger charge is 2.04. The molecule has 2 aromatic carbocycles. The van der Waals surface area contributed by atoms with Crippen LogP contribution in [0.25, 0.3) is 0 Å². The maximum absolute atomic E-state index is 13.4. The quantitative estimate of drug-likeness (QED) is 0.833. The fraction of sp³-hybridized carbons (Fsp3) is 0.0714. The molecular formula is C14H11F2N3. The Balaban J connectivity index is 2.13. The summed E-state index contributed by atoms with van der Waals surface area (Å²) in [5.74, 6) is -0.965. The second-order valence-electron chi connectivity index (χ2n) is 4.00. The van der Waals surface area contributed by atoms with Crippen LogP contribution < -0.4 is 11.1 Å². The van der Waals surface area contributed by atoms with Gasteiger partial charge in [-0.3, -0.25) is 0 Å². The van der Waals surface area contributed by atoms with Gasteiger partial charge in [0.2, 0.25) is 0 Å². The van der Waals surface area contributed by atoms with Crippen LogP contribution in [0.2, 0.25) is 0 Å². The molecule has 0 saturated heterocycles. The summed E-state index contributed by atoms with van der Waals surface area (Å²) >= 11 is 0. The second-order valence-corrected chi connectivity index (χ2v) is 4.00. The van der Waals surface area contributed by atoms with Gasteiger partial charge in [-0.15, -0.1) is 0 Å². The first-order valence-corrected chi connectivity index (χ1v) is 5.57. The molecule has 0 aliphatic rings. The summed E-state index contributed by atoms with van der Waals surface area (Å²) in [6.45, 7) is 0.134. The summed E-state index contributed by atoms with van der Waals surface area (Å²) in [5, 5.41) is 11.7. The van der Waals surface area contributed by atoms with E-state index in [9.17, 15) is 8.78 Å². The lowest BCUT2D eigenvalue weighted by atomic mass is 10.1. The van der Waals surface area contributed by atoms with E-state index in [0.29, 0.717) is 16.9 Å². The van der Waals surface area contributed by atoms with Crippen molar-refractivity contribution < 1.29 is 8.78 Å². The SMILES string of the molecule is N#Cc1ccc(NCc2cc(F)ccc2F)cc1N. The molecule has 2 aromatic rings. The number of hydrogen-bond acceptors (Lipinski definition) is 3. The number of rotatable bonds is 3. The number of halogens is 2. The fourth-order valence-electron chi connectivity index (χ4n) is 1.65. The van der Waals surface area contributed by atoms with Gasteiger partial charge in [0.25, 0.3) is 0 Å². The van der Waals surface area contributed by atoms with Crippen molar-refractivity contribution in [2.75, 3.05) is 11.1 Å². The number of nitrogen functional groups attached to an aromatic ring is 1. The molecule has 0 aliphatic carbocycles. The van der Waals surface area contributed by atoms with Gasteiger partial charge in [0.1, 0.15) is 17.7 Å². The molecule has 0 unspecified atom stereocenters. The standard InChI is InChI=1S/C14H11F2N3/c15-11-2-4-13(16)10(5-11)8-19-12-3-1-9(7-17)14(18)6-12/h1-6,19H,8,18H2. The number of anilines is 2. The molecule has 3 nitrogen and oxygen atoms in total. The largest absolute Gasteiger partial charge is 0.398 e. The van der Waals surface area contributed by atoms with Gasteiger partial charge in [0, 0.05) is 17.8 Å². The van der Waals surface area contributed by atoms with E-state index >= 15 is 0 Å². The molecule has 3 N–H and O–H groups in total. The molecule has 5 heteroatoms. The highest BCUT2D eigenvalue weighted by molar-refractivity contribution is 5.62. The number of hydrogen-bond donors (Lipinski definition) is 2. The summed E-state index contributed by atoms with van der Waals surface area (Å²) in [6.07, 6.45) is 0. The Morgan fingerprint density at radius 3 is 2.63 bits per heavy atom. The van der Waals surface area contributed by atoms with E-state index in [0.717, 1.165) is 18.2 Å². The van der Waals surface area contributed by atoms with Crippen LogP contribution in [0.15, 0.2) is 36.4 Å². The lowest BCUT2D eigenvalue weighted by molar-refractivity contribution is 0.587. The van der Waals surface area contributed by atoms with E-state index in [4.69, 9.17) is 11.0 Å². The Labute approximate surface area is 109 Å². The van der Waals surface area contributed by atoms with Crippen molar-refractivity contribution >= 4 is 11.4 Å². The van der Waals surface area contributed by atoms with E-state index in [2.05, 4.69) is 5.32 Å². The lowest BCUT2D eigenvalue weighted by Gasteiger charge is -2.09. The van der Waals surface area contributed by atoms with Crippen LogP contribution in [0.4, 0.5) is 20.2 Å². The van der Waals surface area contributed by atoms with E-state index < -0.39 is 11.6 Å². The predicted molar refractivity (Wildman–Crippen MR) is 69.3 cm³/mol. The molecule has 19 heavy (non-hydrogen) atoms. The van der Waals surface area contributed by atoms with E-state index in [1.807, 2.05) is 6.07 Å². The van der Waals surface area contributed by atoms with Crippen LogP contribution in [-0.4, -0.2) is 0 Å². The van der Waals surface area contributed by atoms with Gasteiger partial charge in [0.05, 0.1) is 11.3 Å². The average Bonchev–Trinajstić information content (AvgIpc) is 2.40. The van der Waals surface area contributed by atoms with Gasteiger partial charge in [-0.25, -0.2) is 8.78 Å². The first kappa shape index (κ1) is 12.8. The number of nitrogens with one attached hydrogen (secondary N) is 1. The molecule has 0 atom stereocenters. The van der Waals surface area contributed by atoms with E-state index in [1.54, 1.807) is 18.2 Å². The van der Waals surface area contributed by atoms with Gasteiger partial charge in [-0.1, -0.05) is 0 Å². The molecule has 0 heterocycles. The smallest absolute Gasteiger partial charge is 0.128 e. The molecule has 0 spiro atoms. The molecule has 0 fully saturated rings. The van der Waals surface area contributed by atoms with Gasteiger partial charge in [-0.05, 0) is 36.4 Å². The third kappa shape index (κ3) is 2.99. The van der Waals surface area contributed by atoms with Crippen LogP contribution in [-0.2, 0) is 6.54 Å². The first-order chi connectivity index (χ1) is 9.10. The zero-order chi connectivity index (χ0) is 13.8. The van der Waals surface area contributed by atoms with Crippen molar-refractivity contribution in [1.82, 2.24) is 0 Å². The van der Waals surface area contributed by atoms with E-state index in [1.165, 1.54) is 0 Å². The van der Waals surface area contributed by atoms with E-state index in [-0.39, 0.29) is 12.1 Å². The van der Waals surface area contributed by atoms with Crippen LogP contribution in [0.1, 0.15) is 11.1 Å². The van der Waals surface area contributed by atoms with Crippen molar-refractivity contribution in [3.05, 3.63) is 59.2 Å². The Morgan fingerprint density at radius 2 is 1.95 bits per heavy atom. The maximum Gasteiger partial charge on any atom is 0.128 e. The lowest BCUT2D eigenvalue weighted by Crippen LogP contribution is -2.03. The zero-order valence-corrected chi connectivity index (χ0v) is 9.95. The monoisotopic (exact) mass is 259 g/mol. The van der Waals surface area contributed by atoms with Crippen molar-refractivity contribution in [1.29, 1.82) is 5.26 Å². The molecule has 0 aliphatic heterocycles. The summed E-state index contributed by atoms with van der Waals surface area (Å²) < 4.78 is 26.4. The zero-order valence-electron chi connectivity index (χ0n) is 9.95. The normalized spacial score (nSPS) is 9.95. The van der Waals surface area contributed by atoms with Crippen LogP contribution in [0.3, 0.4) is 0 Å². The molecule has 96 valence electrons. The summed E-state index contributed by atoms with van der Waals surface area (Å²) in [7, 11) is 0. The van der Waals surface area contributed by atoms with Crippen molar-refractivity contribution in [3.63, 3.8) is 0 Å². The Hall–Kier alpha value is -2.61. The Morgan fingerprint density at radius 1 is 1.16 bits per heavy atom. The van der Waals surface area contributed by atoms with Crippen LogP contribution in [0.5, 0.6) is 0 Å². The van der Waals surface area contributed by atoms with Gasteiger partial charge < -0.3 is 11.1 Å². The van der Waals surface area contributed by atoms with Gasteiger partial charge in [0.15, 0.2) is 0 Å². The number of benzene rings is 2. The predicted octanol–water partition coefficient (Wildman–Crippen LogP) is 3.03. The Bertz CT molecular complexity index is 648. The second kappa shape index (κ2) is 5.36. The first-order valence-electron chi connectivity index (χ1n) is 5.57. The minimum atomic E-state index is -0.488. The minimum Gasteiger partial charge on any atom is -0.398 e. The topological polar surface area (TPSA) is 61.8 Å². The molecule has 0 bridgehead atoms. The average molecular weight is 259 g/mol. The molecule has 0 aromatic heterocycles. The molecule has 2 rings (SSSR count). The number of nitrogens with zero attached hydrogens (tertiary/aromatic N) is 1. The van der Waals surface area contributed by atoms with Crippen molar-refractivity contribution in [2.45, 2.75) is 6.54 Å². The molecular weight excluding hydrogens is 248 g/mol. The molecule has 0 radical (unpaired) electrons. The maximum atomic E-state index is 13.4. The summed E-state index contributed by atoms with van der Waals surface area (Å²) in [6, 6.07) is 10.0. The Kier molecular flexibility index (Phi) is 3.62.